The molecule has 0 saturated heterocycles. The lowest BCUT2D eigenvalue weighted by molar-refractivity contribution is -0.123. The summed E-state index contributed by atoms with van der Waals surface area (Å²) in [6, 6.07) is 4.74. The first-order valence-corrected chi connectivity index (χ1v) is 5.67. The van der Waals surface area contributed by atoms with Crippen LogP contribution >= 0.6 is 23.2 Å². The fourth-order valence-corrected chi connectivity index (χ4v) is 1.52. The third-order valence-corrected chi connectivity index (χ3v) is 2.37. The molecule has 0 atom stereocenters. The molecule has 0 heterocycles. The number of halogens is 2. The van der Waals surface area contributed by atoms with Crippen LogP contribution in [0, 0.1) is 0 Å². The van der Waals surface area contributed by atoms with Gasteiger partial charge in [0.2, 0.25) is 0 Å². The van der Waals surface area contributed by atoms with Crippen LogP contribution in [-0.2, 0) is 9.59 Å². The molecule has 0 bridgehead atoms. The Kier molecular flexibility index (Phi) is 5.80. The lowest BCUT2D eigenvalue weighted by Gasteiger charge is -2.08. The van der Waals surface area contributed by atoms with E-state index >= 15 is 0 Å². The van der Waals surface area contributed by atoms with Gasteiger partial charge in [0.15, 0.2) is 6.61 Å². The molecule has 6 heteroatoms. The summed E-state index contributed by atoms with van der Waals surface area (Å²) in [5, 5.41) is 3.36. The van der Waals surface area contributed by atoms with Crippen molar-refractivity contribution in [3.63, 3.8) is 0 Å². The van der Waals surface area contributed by atoms with Gasteiger partial charge in [0.1, 0.15) is 12.0 Å². The van der Waals surface area contributed by atoms with Gasteiger partial charge >= 0.3 is 0 Å². The molecule has 0 fully saturated rings. The molecular weight excluding hydrogens is 265 g/mol. The Morgan fingerprint density at radius 2 is 2.18 bits per heavy atom. The Labute approximate surface area is 109 Å². The zero-order valence-corrected chi connectivity index (χ0v) is 10.4. The first-order chi connectivity index (χ1) is 8.13. The molecule has 1 N–H and O–H groups in total. The largest absolute Gasteiger partial charge is 0.482 e. The third-order valence-electron chi connectivity index (χ3n) is 1.84. The van der Waals surface area contributed by atoms with Crippen LogP contribution in [0.3, 0.4) is 0 Å². The maximum atomic E-state index is 11.2. The van der Waals surface area contributed by atoms with E-state index in [1.165, 1.54) is 6.07 Å². The van der Waals surface area contributed by atoms with E-state index in [1.807, 2.05) is 0 Å². The second-order valence-corrected chi connectivity index (χ2v) is 4.01. The Bertz CT molecular complexity index is 410. The van der Waals surface area contributed by atoms with E-state index in [1.54, 1.807) is 12.1 Å². The standard InChI is InChI=1S/C11H11Cl2NO3/c12-8-2-3-10(9(13)6-8)17-7-11(16)14-4-1-5-15/h2-3,5-6H,1,4,7H2,(H,14,16). The van der Waals surface area contributed by atoms with Crippen LogP contribution in [0.15, 0.2) is 18.2 Å². The van der Waals surface area contributed by atoms with Gasteiger partial charge in [-0.15, -0.1) is 0 Å². The monoisotopic (exact) mass is 275 g/mol. The summed E-state index contributed by atoms with van der Waals surface area (Å²) >= 11 is 11.6. The smallest absolute Gasteiger partial charge is 0.257 e. The van der Waals surface area contributed by atoms with Crippen LogP contribution < -0.4 is 10.1 Å². The number of carbonyl (C=O) groups excluding carboxylic acids is 2. The van der Waals surface area contributed by atoms with Crippen LogP contribution in [0.5, 0.6) is 5.75 Å². The van der Waals surface area contributed by atoms with Crippen molar-refractivity contribution in [2.45, 2.75) is 6.42 Å². The van der Waals surface area contributed by atoms with Crippen molar-refractivity contribution >= 4 is 35.4 Å². The maximum Gasteiger partial charge on any atom is 0.257 e. The average molecular weight is 276 g/mol. The minimum absolute atomic E-state index is 0.153. The quantitative estimate of drug-likeness (QED) is 0.639. The van der Waals surface area contributed by atoms with Crippen molar-refractivity contribution < 1.29 is 14.3 Å². The van der Waals surface area contributed by atoms with Crippen molar-refractivity contribution in [3.05, 3.63) is 28.2 Å². The Balaban J connectivity index is 2.39. The van der Waals surface area contributed by atoms with E-state index in [2.05, 4.69) is 5.32 Å². The highest BCUT2D eigenvalue weighted by Crippen LogP contribution is 2.27. The Morgan fingerprint density at radius 3 is 2.82 bits per heavy atom. The van der Waals surface area contributed by atoms with Gasteiger partial charge in [0.05, 0.1) is 5.02 Å². The van der Waals surface area contributed by atoms with Crippen molar-refractivity contribution in [1.82, 2.24) is 5.32 Å². The first-order valence-electron chi connectivity index (χ1n) is 4.91. The Hall–Kier alpha value is -1.26. The molecule has 0 aliphatic carbocycles. The number of benzene rings is 1. The molecule has 4 nitrogen and oxygen atoms in total. The molecule has 1 aromatic carbocycles. The average Bonchev–Trinajstić information content (AvgIpc) is 2.28. The lowest BCUT2D eigenvalue weighted by Crippen LogP contribution is -2.29. The van der Waals surface area contributed by atoms with Crippen molar-refractivity contribution in [1.29, 1.82) is 0 Å². The predicted octanol–water partition coefficient (Wildman–Crippen LogP) is 2.08. The number of ether oxygens (including phenoxy) is 1. The molecule has 0 saturated carbocycles. The molecule has 0 unspecified atom stereocenters. The summed E-state index contributed by atoms with van der Waals surface area (Å²) < 4.78 is 5.19. The summed E-state index contributed by atoms with van der Waals surface area (Å²) in [6.45, 7) is 0.153. The van der Waals surface area contributed by atoms with Gasteiger partial charge in [0, 0.05) is 18.0 Å². The maximum absolute atomic E-state index is 11.2. The topological polar surface area (TPSA) is 55.4 Å². The number of amides is 1. The fraction of sp³-hybridized carbons (Fsp3) is 0.273. The van der Waals surface area contributed by atoms with E-state index in [-0.39, 0.29) is 18.9 Å². The highest BCUT2D eigenvalue weighted by molar-refractivity contribution is 6.35. The van der Waals surface area contributed by atoms with E-state index in [0.29, 0.717) is 22.3 Å². The van der Waals surface area contributed by atoms with Gasteiger partial charge in [-0.2, -0.15) is 0 Å². The molecule has 1 rings (SSSR count). The van der Waals surface area contributed by atoms with Crippen molar-refractivity contribution in [2.75, 3.05) is 13.2 Å². The number of rotatable bonds is 6. The summed E-state index contributed by atoms with van der Waals surface area (Å²) in [6.07, 6.45) is 1.02. The molecule has 17 heavy (non-hydrogen) atoms. The SMILES string of the molecule is O=CCCNC(=O)COc1ccc(Cl)cc1Cl. The molecule has 0 radical (unpaired) electrons. The molecule has 0 aliphatic heterocycles. The molecule has 1 aromatic rings. The summed E-state index contributed by atoms with van der Waals surface area (Å²) in [7, 11) is 0. The lowest BCUT2D eigenvalue weighted by atomic mass is 10.3. The zero-order chi connectivity index (χ0) is 12.7. The third kappa shape index (κ3) is 5.06. The fourth-order valence-electron chi connectivity index (χ4n) is 1.06. The normalized spacial score (nSPS) is 9.76. The minimum Gasteiger partial charge on any atom is -0.482 e. The summed E-state index contributed by atoms with van der Waals surface area (Å²) in [4.78, 5) is 21.3. The predicted molar refractivity (Wildman–Crippen MR) is 65.6 cm³/mol. The number of hydrogen-bond donors (Lipinski definition) is 1. The Morgan fingerprint density at radius 1 is 1.41 bits per heavy atom. The highest BCUT2D eigenvalue weighted by atomic mass is 35.5. The molecule has 1 amide bonds. The van der Waals surface area contributed by atoms with Crippen molar-refractivity contribution in [2.24, 2.45) is 0 Å². The summed E-state index contributed by atoms with van der Waals surface area (Å²) in [5.74, 6) is 0.0828. The van der Waals surface area contributed by atoms with Gasteiger partial charge in [-0.25, -0.2) is 0 Å². The van der Waals surface area contributed by atoms with Gasteiger partial charge in [-0.3, -0.25) is 4.79 Å². The number of carbonyl (C=O) groups is 2. The van der Waals surface area contributed by atoms with E-state index in [0.717, 1.165) is 6.29 Å². The van der Waals surface area contributed by atoms with Crippen LogP contribution in [0.2, 0.25) is 10.0 Å². The van der Waals surface area contributed by atoms with Gasteiger partial charge < -0.3 is 14.8 Å². The van der Waals surface area contributed by atoms with Gasteiger partial charge in [0.25, 0.3) is 5.91 Å². The molecule has 0 aromatic heterocycles. The van der Waals surface area contributed by atoms with E-state index < -0.39 is 0 Å². The highest BCUT2D eigenvalue weighted by Gasteiger charge is 2.05. The van der Waals surface area contributed by atoms with Crippen LogP contribution in [0.4, 0.5) is 0 Å². The zero-order valence-electron chi connectivity index (χ0n) is 8.91. The second-order valence-electron chi connectivity index (χ2n) is 3.17. The number of nitrogens with one attached hydrogen (secondary N) is 1. The van der Waals surface area contributed by atoms with Crippen molar-refractivity contribution in [3.8, 4) is 5.75 Å². The minimum atomic E-state index is -0.308. The van der Waals surface area contributed by atoms with E-state index in [9.17, 15) is 9.59 Å². The first kappa shape index (κ1) is 13.8. The second kappa shape index (κ2) is 7.14. The molecule has 0 spiro atoms. The van der Waals surface area contributed by atoms with Crippen LogP contribution in [0.1, 0.15) is 6.42 Å². The molecular formula is C11H11Cl2NO3. The van der Waals surface area contributed by atoms with Gasteiger partial charge in [-0.05, 0) is 18.2 Å². The van der Waals surface area contributed by atoms with Gasteiger partial charge in [-0.1, -0.05) is 23.2 Å². The van der Waals surface area contributed by atoms with Crippen LogP contribution in [0.25, 0.3) is 0 Å². The summed E-state index contributed by atoms with van der Waals surface area (Å²) in [5.41, 5.74) is 0. The number of hydrogen-bond acceptors (Lipinski definition) is 3. The van der Waals surface area contributed by atoms with E-state index in [4.69, 9.17) is 27.9 Å². The molecule has 92 valence electrons. The molecule has 0 aliphatic rings. The van der Waals surface area contributed by atoms with Crippen LogP contribution in [-0.4, -0.2) is 25.3 Å². The number of aldehydes is 1.